The van der Waals surface area contributed by atoms with Crippen LogP contribution in [-0.4, -0.2) is 28.9 Å². The molecule has 2 rings (SSSR count). The topological polar surface area (TPSA) is 132 Å². The third-order valence-corrected chi connectivity index (χ3v) is 6.47. The second-order valence-electron chi connectivity index (χ2n) is 6.12. The lowest BCUT2D eigenvalue weighted by molar-refractivity contribution is 0.369. The molecule has 5 N–H and O–H groups in total. The number of nitrogens with two attached hydrogens (primary N) is 2. The molecule has 0 bridgehead atoms. The maximum absolute atomic E-state index is 12.4. The monoisotopic (exact) mass is 361 g/mol. The Morgan fingerprint density at radius 1 is 1.00 bits per heavy atom. The fourth-order valence-electron chi connectivity index (χ4n) is 2.75. The molecule has 0 heterocycles. The number of benzene rings is 1. The number of hydrogen-bond donors (Lipinski definition) is 3. The first kappa shape index (κ1) is 18.3. The Morgan fingerprint density at radius 3 is 2.13 bits per heavy atom. The molecule has 1 fully saturated rings. The van der Waals surface area contributed by atoms with E-state index in [-0.39, 0.29) is 16.3 Å². The van der Waals surface area contributed by atoms with E-state index in [0.29, 0.717) is 0 Å². The molecule has 0 amide bonds. The van der Waals surface area contributed by atoms with Crippen LogP contribution in [0.2, 0.25) is 0 Å². The van der Waals surface area contributed by atoms with E-state index >= 15 is 0 Å². The summed E-state index contributed by atoms with van der Waals surface area (Å²) in [7, 11) is -7.80. The molecule has 1 aliphatic rings. The van der Waals surface area contributed by atoms with E-state index in [2.05, 4.69) is 4.72 Å². The van der Waals surface area contributed by atoms with Crippen LogP contribution in [0.3, 0.4) is 0 Å². The molecule has 0 aromatic heterocycles. The Bertz CT molecular complexity index is 752. The van der Waals surface area contributed by atoms with Crippen molar-refractivity contribution < 1.29 is 16.8 Å². The van der Waals surface area contributed by atoms with Crippen LogP contribution in [0.5, 0.6) is 0 Å². The van der Waals surface area contributed by atoms with Crippen LogP contribution < -0.4 is 15.6 Å². The quantitative estimate of drug-likeness (QED) is 0.663. The predicted octanol–water partition coefficient (Wildman–Crippen LogP) is 0.664. The molecule has 0 radical (unpaired) electrons. The van der Waals surface area contributed by atoms with E-state index in [1.54, 1.807) is 0 Å². The average molecular weight is 361 g/mol. The van der Waals surface area contributed by atoms with Crippen molar-refractivity contribution in [2.24, 2.45) is 10.9 Å². The van der Waals surface area contributed by atoms with Gasteiger partial charge in [-0.05, 0) is 31.0 Å². The van der Waals surface area contributed by atoms with E-state index in [4.69, 9.17) is 10.9 Å². The molecular formula is C14H23N3O4S2. The van der Waals surface area contributed by atoms with Gasteiger partial charge in [0.15, 0.2) is 0 Å². The number of nitrogens with one attached hydrogen (secondary N) is 1. The Kier molecular flexibility index (Phi) is 5.47. The lowest BCUT2D eigenvalue weighted by Crippen LogP contribution is -2.49. The zero-order valence-corrected chi connectivity index (χ0v) is 14.5. The van der Waals surface area contributed by atoms with Gasteiger partial charge in [0.1, 0.15) is 0 Å². The molecule has 1 aromatic carbocycles. The maximum Gasteiger partial charge on any atom is 0.240 e. The number of sulfonamides is 2. The van der Waals surface area contributed by atoms with Gasteiger partial charge in [-0.1, -0.05) is 31.7 Å². The minimum absolute atomic E-state index is 0.134. The largest absolute Gasteiger partial charge is 0.324 e. The van der Waals surface area contributed by atoms with Crippen molar-refractivity contribution in [3.63, 3.8) is 0 Å². The number of rotatable bonds is 5. The summed E-state index contributed by atoms with van der Waals surface area (Å²) >= 11 is 0. The van der Waals surface area contributed by atoms with Crippen molar-refractivity contribution in [1.29, 1.82) is 0 Å². The molecule has 0 aliphatic heterocycles. The van der Waals surface area contributed by atoms with Gasteiger partial charge in [-0.3, -0.25) is 0 Å². The predicted molar refractivity (Wildman–Crippen MR) is 87.6 cm³/mol. The fraction of sp³-hybridized carbons (Fsp3) is 0.571. The van der Waals surface area contributed by atoms with Crippen LogP contribution in [0, 0.1) is 0 Å². The molecule has 0 atom stereocenters. The van der Waals surface area contributed by atoms with Gasteiger partial charge in [0.25, 0.3) is 0 Å². The second-order valence-corrected chi connectivity index (χ2v) is 9.45. The third-order valence-electron chi connectivity index (χ3n) is 4.16. The average Bonchev–Trinajstić information content (AvgIpc) is 2.70. The highest BCUT2D eigenvalue weighted by Crippen LogP contribution is 2.25. The first-order valence-corrected chi connectivity index (χ1v) is 10.6. The summed E-state index contributed by atoms with van der Waals surface area (Å²) < 4.78 is 50.0. The van der Waals surface area contributed by atoms with Gasteiger partial charge in [0.05, 0.1) is 9.79 Å². The Hall–Kier alpha value is -1.00. The van der Waals surface area contributed by atoms with Crippen molar-refractivity contribution >= 4 is 20.0 Å². The van der Waals surface area contributed by atoms with Crippen molar-refractivity contribution in [2.45, 2.75) is 53.9 Å². The second kappa shape index (κ2) is 6.86. The highest BCUT2D eigenvalue weighted by molar-refractivity contribution is 7.90. The first-order chi connectivity index (χ1) is 10.6. The van der Waals surface area contributed by atoms with Gasteiger partial charge >= 0.3 is 0 Å². The lowest BCUT2D eigenvalue weighted by Gasteiger charge is -2.28. The summed E-state index contributed by atoms with van der Waals surface area (Å²) in [5, 5.41) is 5.04. The number of primary sulfonamides is 1. The van der Waals surface area contributed by atoms with Gasteiger partial charge < -0.3 is 5.73 Å². The zero-order chi connectivity index (χ0) is 17.1. The van der Waals surface area contributed by atoms with Gasteiger partial charge in [0.2, 0.25) is 20.0 Å². The molecule has 130 valence electrons. The highest BCUT2D eigenvalue weighted by Gasteiger charge is 2.28. The van der Waals surface area contributed by atoms with Gasteiger partial charge in [-0.25, -0.2) is 26.7 Å². The summed E-state index contributed by atoms with van der Waals surface area (Å²) in [5.74, 6) is 0. The van der Waals surface area contributed by atoms with Crippen LogP contribution in [0.4, 0.5) is 0 Å². The first-order valence-electron chi connectivity index (χ1n) is 7.54. The van der Waals surface area contributed by atoms with Crippen LogP contribution in [0.15, 0.2) is 34.1 Å². The lowest BCUT2D eigenvalue weighted by atomic mass is 9.92. The van der Waals surface area contributed by atoms with Gasteiger partial charge in [-0.2, -0.15) is 0 Å². The Labute approximate surface area is 137 Å². The normalized spacial score (nSPS) is 19.2. The van der Waals surface area contributed by atoms with E-state index in [9.17, 15) is 16.8 Å². The minimum Gasteiger partial charge on any atom is -0.324 e. The van der Waals surface area contributed by atoms with Crippen LogP contribution in [-0.2, 0) is 20.0 Å². The minimum atomic E-state index is -3.95. The summed E-state index contributed by atoms with van der Waals surface area (Å²) in [6, 6.07) is 4.98. The van der Waals surface area contributed by atoms with Gasteiger partial charge in [-0.15, -0.1) is 0 Å². The van der Waals surface area contributed by atoms with Crippen molar-refractivity contribution in [2.75, 3.05) is 6.54 Å². The fourth-order valence-corrected chi connectivity index (χ4v) is 4.57. The van der Waals surface area contributed by atoms with E-state index in [1.807, 2.05) is 0 Å². The van der Waals surface area contributed by atoms with Crippen LogP contribution in [0.1, 0.15) is 38.5 Å². The van der Waals surface area contributed by atoms with E-state index < -0.39 is 25.6 Å². The molecule has 23 heavy (non-hydrogen) atoms. The molecule has 1 aromatic rings. The summed E-state index contributed by atoms with van der Waals surface area (Å²) in [4.78, 5) is -0.376. The van der Waals surface area contributed by atoms with Crippen LogP contribution in [0.25, 0.3) is 0 Å². The highest BCUT2D eigenvalue weighted by atomic mass is 32.2. The van der Waals surface area contributed by atoms with Crippen molar-refractivity contribution in [1.82, 2.24) is 4.72 Å². The Balaban J connectivity index is 2.16. The SMILES string of the molecule is NC1(CNS(=O)(=O)c2cccc(S(N)(=O)=O)c2)CCCCCC1. The summed E-state index contributed by atoms with van der Waals surface area (Å²) in [6.07, 6.45) is 5.74. The molecule has 0 unspecified atom stereocenters. The van der Waals surface area contributed by atoms with E-state index in [0.717, 1.165) is 44.6 Å². The summed E-state index contributed by atoms with van der Waals surface area (Å²) in [5.41, 5.74) is 5.75. The maximum atomic E-state index is 12.4. The molecule has 0 saturated heterocycles. The van der Waals surface area contributed by atoms with E-state index in [1.165, 1.54) is 18.2 Å². The molecule has 9 heteroatoms. The Morgan fingerprint density at radius 2 is 1.57 bits per heavy atom. The molecule has 1 saturated carbocycles. The summed E-state index contributed by atoms with van der Waals surface area (Å²) in [6.45, 7) is 0.134. The van der Waals surface area contributed by atoms with Crippen molar-refractivity contribution in [3.05, 3.63) is 24.3 Å². The van der Waals surface area contributed by atoms with Gasteiger partial charge in [0, 0.05) is 12.1 Å². The number of hydrogen-bond acceptors (Lipinski definition) is 5. The smallest absolute Gasteiger partial charge is 0.240 e. The molecule has 1 aliphatic carbocycles. The van der Waals surface area contributed by atoms with Crippen LogP contribution >= 0.6 is 0 Å². The molecular weight excluding hydrogens is 338 g/mol. The standard InChI is InChI=1S/C14H23N3O4S2/c15-14(8-3-1-2-4-9-14)11-17-23(20,21)13-7-5-6-12(10-13)22(16,18)19/h5-7,10,17H,1-4,8-9,11,15H2,(H2,16,18,19). The van der Waals surface area contributed by atoms with Crippen molar-refractivity contribution in [3.8, 4) is 0 Å². The third kappa shape index (κ3) is 4.98. The molecule has 7 nitrogen and oxygen atoms in total. The zero-order valence-electron chi connectivity index (χ0n) is 12.9. The molecule has 0 spiro atoms.